The van der Waals surface area contributed by atoms with E-state index in [0.717, 1.165) is 22.4 Å². The van der Waals surface area contributed by atoms with Crippen LogP contribution in [0.1, 0.15) is 0 Å². The summed E-state index contributed by atoms with van der Waals surface area (Å²) in [5.74, 6) is 0. The molecule has 126 valence electrons. The summed E-state index contributed by atoms with van der Waals surface area (Å²) in [5, 5.41) is 0. The van der Waals surface area contributed by atoms with Crippen LogP contribution in [0.25, 0.3) is 33.4 Å². The Hall–Kier alpha value is -3.80. The van der Waals surface area contributed by atoms with Crippen molar-refractivity contribution < 1.29 is 0 Å². The van der Waals surface area contributed by atoms with Crippen LogP contribution < -0.4 is 11.4 Å². The van der Waals surface area contributed by atoms with Crippen molar-refractivity contribution in [3.05, 3.63) is 93.8 Å². The first-order chi connectivity index (χ1) is 12.7. The Balaban J connectivity index is 1.88. The van der Waals surface area contributed by atoms with Crippen molar-refractivity contribution in [3.63, 3.8) is 0 Å². The van der Waals surface area contributed by atoms with Gasteiger partial charge in [-0.2, -0.15) is 0 Å². The molecule has 0 aliphatic rings. The number of nitrogens with zero attached hydrogens (tertiary/aromatic N) is 2. The number of fused-ring (bicyclic) bond motifs is 2. The zero-order chi connectivity index (χ0) is 17.7. The SMILES string of the molecule is O=c1[nH]c2cc3[nH]c(=O)n(-c4ccccc4)c3cc2n1-c1ccccc1. The van der Waals surface area contributed by atoms with Gasteiger partial charge in [0.25, 0.3) is 0 Å². The summed E-state index contributed by atoms with van der Waals surface area (Å²) in [7, 11) is 0. The van der Waals surface area contributed by atoms with Crippen LogP contribution in [0.2, 0.25) is 0 Å². The normalized spacial score (nSPS) is 11.4. The van der Waals surface area contributed by atoms with E-state index in [0.29, 0.717) is 11.0 Å². The van der Waals surface area contributed by atoms with Crippen LogP contribution in [-0.4, -0.2) is 19.1 Å². The van der Waals surface area contributed by atoms with Crippen molar-refractivity contribution >= 4 is 22.1 Å². The van der Waals surface area contributed by atoms with Crippen molar-refractivity contribution in [2.45, 2.75) is 0 Å². The third-order valence-corrected chi connectivity index (χ3v) is 4.51. The van der Waals surface area contributed by atoms with Gasteiger partial charge in [-0.25, -0.2) is 9.59 Å². The van der Waals surface area contributed by atoms with Crippen LogP contribution in [0.4, 0.5) is 0 Å². The van der Waals surface area contributed by atoms with E-state index in [4.69, 9.17) is 0 Å². The number of aromatic amines is 2. The maximum atomic E-state index is 12.5. The lowest BCUT2D eigenvalue weighted by Gasteiger charge is -2.05. The molecule has 0 radical (unpaired) electrons. The van der Waals surface area contributed by atoms with Crippen molar-refractivity contribution in [2.24, 2.45) is 0 Å². The number of nitrogens with one attached hydrogen (secondary N) is 2. The highest BCUT2D eigenvalue weighted by atomic mass is 16.1. The van der Waals surface area contributed by atoms with E-state index in [2.05, 4.69) is 9.97 Å². The van der Waals surface area contributed by atoms with Gasteiger partial charge in [0.15, 0.2) is 0 Å². The molecule has 0 saturated carbocycles. The van der Waals surface area contributed by atoms with E-state index in [9.17, 15) is 9.59 Å². The minimum absolute atomic E-state index is 0.215. The fraction of sp³-hybridized carbons (Fsp3) is 0. The molecule has 3 aromatic carbocycles. The molecule has 6 nitrogen and oxygen atoms in total. The van der Waals surface area contributed by atoms with Gasteiger partial charge in [0.1, 0.15) is 0 Å². The van der Waals surface area contributed by atoms with Crippen molar-refractivity contribution in [2.75, 3.05) is 0 Å². The Morgan fingerprint density at radius 3 is 1.42 bits per heavy atom. The fourth-order valence-corrected chi connectivity index (χ4v) is 3.38. The monoisotopic (exact) mass is 342 g/mol. The summed E-state index contributed by atoms with van der Waals surface area (Å²) in [6.45, 7) is 0. The highest BCUT2D eigenvalue weighted by Crippen LogP contribution is 2.23. The third-order valence-electron chi connectivity index (χ3n) is 4.51. The molecule has 0 bridgehead atoms. The minimum atomic E-state index is -0.215. The summed E-state index contributed by atoms with van der Waals surface area (Å²) in [6.07, 6.45) is 0. The molecule has 0 amide bonds. The predicted octanol–water partition coefficient (Wildman–Crippen LogP) is 2.95. The Morgan fingerprint density at radius 2 is 1.00 bits per heavy atom. The molecule has 0 fully saturated rings. The van der Waals surface area contributed by atoms with Crippen molar-refractivity contribution in [1.29, 1.82) is 0 Å². The zero-order valence-corrected chi connectivity index (χ0v) is 13.6. The van der Waals surface area contributed by atoms with Gasteiger partial charge < -0.3 is 9.97 Å². The topological polar surface area (TPSA) is 75.6 Å². The van der Waals surface area contributed by atoms with Crippen LogP contribution in [0.15, 0.2) is 82.4 Å². The predicted molar refractivity (Wildman–Crippen MR) is 101 cm³/mol. The summed E-state index contributed by atoms with van der Waals surface area (Å²) < 4.78 is 3.23. The maximum Gasteiger partial charge on any atom is 0.331 e. The number of aromatic nitrogens is 4. The van der Waals surface area contributed by atoms with Gasteiger partial charge in [-0.15, -0.1) is 0 Å². The smallest absolute Gasteiger partial charge is 0.305 e. The van der Waals surface area contributed by atoms with Crippen molar-refractivity contribution in [1.82, 2.24) is 19.1 Å². The number of hydrogen-bond donors (Lipinski definition) is 2. The summed E-state index contributed by atoms with van der Waals surface area (Å²) >= 11 is 0. The van der Waals surface area contributed by atoms with E-state index < -0.39 is 0 Å². The van der Waals surface area contributed by atoms with Gasteiger partial charge in [-0.3, -0.25) is 9.13 Å². The number of hydrogen-bond acceptors (Lipinski definition) is 2. The molecule has 0 spiro atoms. The third kappa shape index (κ3) is 2.05. The second-order valence-electron chi connectivity index (χ2n) is 6.09. The summed E-state index contributed by atoms with van der Waals surface area (Å²) in [4.78, 5) is 30.7. The van der Waals surface area contributed by atoms with Gasteiger partial charge in [-0.1, -0.05) is 36.4 Å². The van der Waals surface area contributed by atoms with E-state index in [-0.39, 0.29) is 11.4 Å². The van der Waals surface area contributed by atoms with Gasteiger partial charge >= 0.3 is 11.4 Å². The number of para-hydroxylation sites is 2. The molecule has 2 aromatic heterocycles. The second kappa shape index (κ2) is 5.35. The maximum absolute atomic E-state index is 12.5. The summed E-state index contributed by atoms with van der Waals surface area (Å²) in [6, 6.07) is 22.5. The van der Waals surface area contributed by atoms with Gasteiger partial charge in [0.05, 0.1) is 33.4 Å². The first kappa shape index (κ1) is 14.5. The van der Waals surface area contributed by atoms with Crippen molar-refractivity contribution in [3.8, 4) is 11.4 Å². The molecule has 26 heavy (non-hydrogen) atoms. The largest absolute Gasteiger partial charge is 0.331 e. The minimum Gasteiger partial charge on any atom is -0.305 e. The average Bonchev–Trinajstić information content (AvgIpc) is 3.15. The van der Waals surface area contributed by atoms with Gasteiger partial charge in [0, 0.05) is 0 Å². The molecule has 5 aromatic rings. The number of H-pyrrole nitrogens is 2. The Bertz CT molecular complexity index is 1250. The molecule has 0 atom stereocenters. The average molecular weight is 342 g/mol. The lowest BCUT2D eigenvalue weighted by atomic mass is 10.2. The molecule has 0 saturated heterocycles. The molecule has 0 aliphatic heterocycles. The lowest BCUT2D eigenvalue weighted by molar-refractivity contribution is 1.01. The van der Waals surface area contributed by atoms with Gasteiger partial charge in [-0.05, 0) is 36.4 Å². The summed E-state index contributed by atoms with van der Waals surface area (Å²) in [5.41, 5.74) is 3.90. The molecule has 0 aliphatic carbocycles. The highest BCUT2D eigenvalue weighted by Gasteiger charge is 2.14. The number of benzene rings is 3. The second-order valence-corrected chi connectivity index (χ2v) is 6.09. The van der Waals surface area contributed by atoms with E-state index >= 15 is 0 Å². The highest BCUT2D eigenvalue weighted by molar-refractivity contribution is 5.93. The fourth-order valence-electron chi connectivity index (χ4n) is 3.38. The number of imidazole rings is 2. The quantitative estimate of drug-likeness (QED) is 0.517. The molecular formula is C20H14N4O2. The van der Waals surface area contributed by atoms with Crippen LogP contribution in [0.5, 0.6) is 0 Å². The van der Waals surface area contributed by atoms with Crippen LogP contribution in [-0.2, 0) is 0 Å². The lowest BCUT2D eigenvalue weighted by Crippen LogP contribution is -2.15. The van der Waals surface area contributed by atoms with Gasteiger partial charge in [0.2, 0.25) is 0 Å². The Morgan fingerprint density at radius 1 is 0.577 bits per heavy atom. The standard InChI is InChI=1S/C20H14N4O2/c25-19-21-15-11-16-18(12-17(15)23(19)13-7-3-1-4-8-13)24(20(26)22-16)14-9-5-2-6-10-14/h1-12H,(H,21,25)(H,22,26). The molecular weight excluding hydrogens is 328 g/mol. The first-order valence-electron chi connectivity index (χ1n) is 8.23. The number of rotatable bonds is 2. The molecule has 5 rings (SSSR count). The Labute approximate surface area is 147 Å². The van der Waals surface area contributed by atoms with E-state index in [1.807, 2.05) is 66.7 Å². The Kier molecular flexibility index (Phi) is 2.99. The van der Waals surface area contributed by atoms with Crippen LogP contribution in [0, 0.1) is 0 Å². The molecule has 2 N–H and O–H groups in total. The molecule has 0 unspecified atom stereocenters. The van der Waals surface area contributed by atoms with E-state index in [1.165, 1.54) is 0 Å². The first-order valence-corrected chi connectivity index (χ1v) is 8.23. The van der Waals surface area contributed by atoms with Crippen LogP contribution >= 0.6 is 0 Å². The van der Waals surface area contributed by atoms with Crippen LogP contribution in [0.3, 0.4) is 0 Å². The zero-order valence-electron chi connectivity index (χ0n) is 13.6. The van der Waals surface area contributed by atoms with E-state index in [1.54, 1.807) is 15.2 Å². The molecule has 2 heterocycles. The molecule has 6 heteroatoms.